The maximum Gasteiger partial charge on any atom is 0.251 e. The smallest absolute Gasteiger partial charge is 0.251 e. The molecule has 6 heteroatoms. The van der Waals surface area contributed by atoms with Gasteiger partial charge in [0.2, 0.25) is 0 Å². The molecule has 1 aromatic heterocycles. The molecule has 2 heterocycles. The van der Waals surface area contributed by atoms with Gasteiger partial charge in [-0.2, -0.15) is 0 Å². The molecule has 1 saturated heterocycles. The van der Waals surface area contributed by atoms with E-state index in [0.29, 0.717) is 5.56 Å². The number of amides is 1. The minimum Gasteiger partial charge on any atom is -0.348 e. The highest BCUT2D eigenvalue weighted by molar-refractivity contribution is 7.10. The molecular weight excluding hydrogens is 349 g/mol. The van der Waals surface area contributed by atoms with E-state index in [9.17, 15) is 9.18 Å². The molecule has 4 nitrogen and oxygen atoms in total. The van der Waals surface area contributed by atoms with Gasteiger partial charge in [-0.3, -0.25) is 9.69 Å². The summed E-state index contributed by atoms with van der Waals surface area (Å²) in [5.74, 6) is -0.624. The summed E-state index contributed by atoms with van der Waals surface area (Å²) >= 11 is 1.72. The van der Waals surface area contributed by atoms with Crippen molar-refractivity contribution in [3.63, 3.8) is 0 Å². The fourth-order valence-corrected chi connectivity index (χ4v) is 4.52. The summed E-state index contributed by atoms with van der Waals surface area (Å²) in [6.45, 7) is 9.35. The molecule has 0 aliphatic carbocycles. The first kappa shape index (κ1) is 19.0. The second-order valence-electron chi connectivity index (χ2n) is 6.70. The van der Waals surface area contributed by atoms with Crippen molar-refractivity contribution >= 4 is 17.2 Å². The van der Waals surface area contributed by atoms with E-state index >= 15 is 0 Å². The van der Waals surface area contributed by atoms with Crippen LogP contribution in [0.15, 0.2) is 41.8 Å². The number of likely N-dealkylation sites (N-methyl/N-ethyl adjacent to an activating group) is 1. The Balaban J connectivity index is 1.73. The van der Waals surface area contributed by atoms with Gasteiger partial charge in [-0.25, -0.2) is 4.39 Å². The van der Waals surface area contributed by atoms with Gasteiger partial charge >= 0.3 is 0 Å². The highest BCUT2D eigenvalue weighted by atomic mass is 32.1. The number of piperazine rings is 1. The van der Waals surface area contributed by atoms with Crippen molar-refractivity contribution < 1.29 is 9.18 Å². The molecule has 0 spiro atoms. The quantitative estimate of drug-likeness (QED) is 0.841. The summed E-state index contributed by atoms with van der Waals surface area (Å²) in [6.07, 6.45) is 0. The van der Waals surface area contributed by atoms with Crippen LogP contribution >= 0.6 is 11.3 Å². The predicted octanol–water partition coefficient (Wildman–Crippen LogP) is 3.38. The topological polar surface area (TPSA) is 35.6 Å². The Kier molecular flexibility index (Phi) is 6.40. The SMILES string of the molecule is CCN1CCN([C@H](c2cccs2)[C@@H](C)NC(=O)c2cccc(F)c2)CC1. The van der Waals surface area contributed by atoms with Crippen LogP contribution in [0.4, 0.5) is 4.39 Å². The number of carbonyl (C=O) groups excluding carboxylic acids is 1. The van der Waals surface area contributed by atoms with Crippen molar-refractivity contribution in [2.24, 2.45) is 0 Å². The number of thiophene rings is 1. The molecule has 140 valence electrons. The summed E-state index contributed by atoms with van der Waals surface area (Å²) in [7, 11) is 0. The van der Waals surface area contributed by atoms with E-state index < -0.39 is 5.82 Å². The lowest BCUT2D eigenvalue weighted by atomic mass is 10.0. The number of halogens is 1. The van der Waals surface area contributed by atoms with Gasteiger partial charge in [0.15, 0.2) is 0 Å². The summed E-state index contributed by atoms with van der Waals surface area (Å²) < 4.78 is 13.4. The fourth-order valence-electron chi connectivity index (χ4n) is 3.56. The third-order valence-corrected chi connectivity index (χ3v) is 5.94. The standard InChI is InChI=1S/C20H26FN3OS/c1-3-23-9-11-24(12-10-23)19(18-8-5-13-26-18)15(2)22-20(25)16-6-4-7-17(21)14-16/h4-8,13-15,19H,3,9-12H2,1-2H3,(H,22,25)/t15-,19+/m1/s1. The Morgan fingerprint density at radius 3 is 2.62 bits per heavy atom. The summed E-state index contributed by atoms with van der Waals surface area (Å²) in [5, 5.41) is 5.16. The number of hydrogen-bond donors (Lipinski definition) is 1. The largest absolute Gasteiger partial charge is 0.348 e. The molecule has 1 aromatic carbocycles. The van der Waals surface area contributed by atoms with Crippen molar-refractivity contribution in [3.05, 3.63) is 58.0 Å². The van der Waals surface area contributed by atoms with Crippen LogP contribution in [0.3, 0.4) is 0 Å². The zero-order chi connectivity index (χ0) is 18.5. The number of hydrogen-bond acceptors (Lipinski definition) is 4. The van der Waals surface area contributed by atoms with Gasteiger partial charge in [0.25, 0.3) is 5.91 Å². The van der Waals surface area contributed by atoms with Gasteiger partial charge in [-0.05, 0) is 43.1 Å². The number of nitrogens with one attached hydrogen (secondary N) is 1. The lowest BCUT2D eigenvalue weighted by Gasteiger charge is -2.41. The monoisotopic (exact) mass is 375 g/mol. The molecule has 2 atom stereocenters. The molecule has 1 aliphatic heterocycles. The lowest BCUT2D eigenvalue weighted by Crippen LogP contribution is -2.52. The Hall–Kier alpha value is -1.76. The van der Waals surface area contributed by atoms with Crippen LogP contribution in [0, 0.1) is 5.82 Å². The van der Waals surface area contributed by atoms with Crippen molar-refractivity contribution in [2.75, 3.05) is 32.7 Å². The van der Waals surface area contributed by atoms with Crippen LogP contribution in [0.2, 0.25) is 0 Å². The van der Waals surface area contributed by atoms with E-state index in [1.54, 1.807) is 23.5 Å². The lowest BCUT2D eigenvalue weighted by molar-refractivity contribution is 0.0753. The number of carbonyl (C=O) groups is 1. The Morgan fingerprint density at radius 2 is 2.00 bits per heavy atom. The zero-order valence-electron chi connectivity index (χ0n) is 15.3. The zero-order valence-corrected chi connectivity index (χ0v) is 16.1. The summed E-state index contributed by atoms with van der Waals surface area (Å²) in [5.41, 5.74) is 0.359. The second kappa shape index (κ2) is 8.75. The number of rotatable bonds is 6. The average molecular weight is 376 g/mol. The number of benzene rings is 1. The van der Waals surface area contributed by atoms with Crippen molar-refractivity contribution in [2.45, 2.75) is 25.9 Å². The first-order valence-electron chi connectivity index (χ1n) is 9.14. The maximum atomic E-state index is 13.4. The third-order valence-electron chi connectivity index (χ3n) is 5.00. The molecule has 1 aliphatic rings. The Morgan fingerprint density at radius 1 is 1.23 bits per heavy atom. The average Bonchev–Trinajstić information content (AvgIpc) is 3.16. The minimum absolute atomic E-state index is 0.0717. The molecule has 3 rings (SSSR count). The molecule has 0 unspecified atom stereocenters. The van der Waals surface area contributed by atoms with Crippen LogP contribution < -0.4 is 5.32 Å². The molecule has 0 bridgehead atoms. The normalized spacial score (nSPS) is 18.4. The van der Waals surface area contributed by atoms with Gasteiger partial charge in [-0.15, -0.1) is 11.3 Å². The highest BCUT2D eigenvalue weighted by Gasteiger charge is 2.30. The minimum atomic E-state index is -0.393. The molecule has 1 N–H and O–H groups in total. The predicted molar refractivity (Wildman–Crippen MR) is 104 cm³/mol. The van der Waals surface area contributed by atoms with Crippen molar-refractivity contribution in [1.82, 2.24) is 15.1 Å². The first-order valence-corrected chi connectivity index (χ1v) is 10.0. The van der Waals surface area contributed by atoms with Gasteiger partial charge in [0, 0.05) is 42.7 Å². The van der Waals surface area contributed by atoms with Crippen LogP contribution in [0.5, 0.6) is 0 Å². The van der Waals surface area contributed by atoms with E-state index in [-0.39, 0.29) is 18.0 Å². The molecule has 1 fully saturated rings. The summed E-state index contributed by atoms with van der Waals surface area (Å²) in [4.78, 5) is 18.7. The van der Waals surface area contributed by atoms with Gasteiger partial charge in [-0.1, -0.05) is 19.1 Å². The molecular formula is C20H26FN3OS. The van der Waals surface area contributed by atoms with E-state index in [1.807, 2.05) is 6.92 Å². The van der Waals surface area contributed by atoms with Crippen LogP contribution in [-0.2, 0) is 0 Å². The Labute approximate surface area is 158 Å². The fraction of sp³-hybridized carbons (Fsp3) is 0.450. The van der Waals surface area contributed by atoms with Gasteiger partial charge in [0.1, 0.15) is 5.82 Å². The van der Waals surface area contributed by atoms with Crippen LogP contribution in [0.25, 0.3) is 0 Å². The Bertz CT molecular complexity index is 714. The molecule has 0 radical (unpaired) electrons. The molecule has 1 amide bonds. The molecule has 0 saturated carbocycles. The van der Waals surface area contributed by atoms with Gasteiger partial charge in [0.05, 0.1) is 6.04 Å². The second-order valence-corrected chi connectivity index (χ2v) is 7.68. The van der Waals surface area contributed by atoms with E-state index in [1.165, 1.54) is 17.0 Å². The van der Waals surface area contributed by atoms with E-state index in [2.05, 4.69) is 39.6 Å². The van der Waals surface area contributed by atoms with Crippen LogP contribution in [-0.4, -0.2) is 54.5 Å². The third kappa shape index (κ3) is 4.50. The van der Waals surface area contributed by atoms with Crippen molar-refractivity contribution in [3.8, 4) is 0 Å². The maximum absolute atomic E-state index is 13.4. The van der Waals surface area contributed by atoms with Gasteiger partial charge < -0.3 is 10.2 Å². The van der Waals surface area contributed by atoms with Crippen LogP contribution in [0.1, 0.15) is 35.1 Å². The first-order chi connectivity index (χ1) is 12.6. The number of nitrogens with zero attached hydrogens (tertiary/aromatic N) is 2. The summed E-state index contributed by atoms with van der Waals surface area (Å²) in [6, 6.07) is 10.1. The van der Waals surface area contributed by atoms with E-state index in [0.717, 1.165) is 32.7 Å². The molecule has 26 heavy (non-hydrogen) atoms. The highest BCUT2D eigenvalue weighted by Crippen LogP contribution is 2.29. The van der Waals surface area contributed by atoms with E-state index in [4.69, 9.17) is 0 Å². The molecule has 2 aromatic rings. The van der Waals surface area contributed by atoms with Crippen molar-refractivity contribution in [1.29, 1.82) is 0 Å².